The Labute approximate surface area is 146 Å². The number of aryl methyl sites for hydroxylation is 1. The number of nitrogens with zero attached hydrogens (tertiary/aromatic N) is 2. The number of hydrogen-bond donors (Lipinski definition) is 0. The minimum absolute atomic E-state index is 0.103. The Bertz CT molecular complexity index is 925. The van der Waals surface area contributed by atoms with Gasteiger partial charge in [0.25, 0.3) is 5.69 Å². The molecule has 0 saturated carbocycles. The van der Waals surface area contributed by atoms with E-state index in [2.05, 4.69) is 13.8 Å². The highest BCUT2D eigenvalue weighted by Gasteiger charge is 2.34. The third-order valence-electron chi connectivity index (χ3n) is 5.30. The predicted molar refractivity (Wildman–Crippen MR) is 97.3 cm³/mol. The van der Waals surface area contributed by atoms with Crippen LogP contribution < -0.4 is 0 Å². The largest absolute Gasteiger partial charge is 0.345 e. The fraction of sp³-hybridized carbons (Fsp3) is 0.300. The highest BCUT2D eigenvalue weighted by Crippen LogP contribution is 2.44. The fourth-order valence-corrected chi connectivity index (χ4v) is 3.94. The van der Waals surface area contributed by atoms with Crippen LogP contribution in [0.5, 0.6) is 0 Å². The molecule has 0 spiro atoms. The summed E-state index contributed by atoms with van der Waals surface area (Å²) >= 11 is 0. The van der Waals surface area contributed by atoms with Gasteiger partial charge in [-0.25, -0.2) is 4.39 Å². The number of nitro groups is 1. The smallest absolute Gasteiger partial charge is 0.293 e. The first-order valence-electron chi connectivity index (χ1n) is 8.43. The first-order chi connectivity index (χ1) is 11.9. The summed E-state index contributed by atoms with van der Waals surface area (Å²) in [5, 5.41) is 12.3. The molecule has 0 fully saturated rings. The van der Waals surface area contributed by atoms with Gasteiger partial charge < -0.3 is 4.57 Å². The molecule has 0 amide bonds. The van der Waals surface area contributed by atoms with Crippen molar-refractivity contribution in [2.75, 3.05) is 0 Å². The van der Waals surface area contributed by atoms with Crippen molar-refractivity contribution in [1.82, 2.24) is 4.57 Å². The molecule has 1 aromatic heterocycles. The topological polar surface area (TPSA) is 48.1 Å². The molecule has 25 heavy (non-hydrogen) atoms. The number of halogens is 1. The maximum atomic E-state index is 13.4. The lowest BCUT2D eigenvalue weighted by Gasteiger charge is -2.32. The second kappa shape index (κ2) is 6.31. The molecule has 0 N–H and O–H groups in total. The standard InChI is InChI=1S/C20H21FN2O2/c1-4-20(5-2,14-9-11-15(21)12-10-14)17-13-22(3)19-16(17)7-6-8-18(19)23(24)25/h6-13H,4-5H2,1-3H3. The van der Waals surface area contributed by atoms with Gasteiger partial charge in [-0.2, -0.15) is 0 Å². The van der Waals surface area contributed by atoms with Gasteiger partial charge in [-0.1, -0.05) is 38.1 Å². The highest BCUT2D eigenvalue weighted by atomic mass is 19.1. The van der Waals surface area contributed by atoms with Crippen LogP contribution in [0.15, 0.2) is 48.7 Å². The summed E-state index contributed by atoms with van der Waals surface area (Å²) in [7, 11) is 1.83. The molecule has 3 rings (SSSR count). The van der Waals surface area contributed by atoms with Crippen LogP contribution in [0, 0.1) is 15.9 Å². The van der Waals surface area contributed by atoms with Crippen LogP contribution in [-0.2, 0) is 12.5 Å². The van der Waals surface area contributed by atoms with Crippen molar-refractivity contribution in [3.05, 3.63) is 75.7 Å². The van der Waals surface area contributed by atoms with Gasteiger partial charge in [-0.15, -0.1) is 0 Å². The minimum atomic E-state index is -0.344. The van der Waals surface area contributed by atoms with E-state index >= 15 is 0 Å². The predicted octanol–water partition coefficient (Wildman–Crippen LogP) is 5.33. The molecule has 0 aliphatic rings. The quantitative estimate of drug-likeness (QED) is 0.465. The van der Waals surface area contributed by atoms with E-state index in [0.717, 1.165) is 29.4 Å². The zero-order valence-corrected chi connectivity index (χ0v) is 14.6. The molecule has 2 aromatic carbocycles. The Balaban J connectivity index is 2.33. The number of fused-ring (bicyclic) bond motifs is 1. The van der Waals surface area contributed by atoms with Crippen molar-refractivity contribution in [3.63, 3.8) is 0 Å². The van der Waals surface area contributed by atoms with Crippen LogP contribution in [-0.4, -0.2) is 9.49 Å². The number of aromatic nitrogens is 1. The first-order valence-corrected chi connectivity index (χ1v) is 8.43. The normalized spacial score (nSPS) is 11.8. The van der Waals surface area contributed by atoms with Crippen molar-refractivity contribution in [2.24, 2.45) is 7.05 Å². The van der Waals surface area contributed by atoms with E-state index in [-0.39, 0.29) is 21.8 Å². The number of para-hydroxylation sites is 1. The van der Waals surface area contributed by atoms with E-state index in [1.54, 1.807) is 6.07 Å². The molecule has 0 bridgehead atoms. The number of hydrogen-bond acceptors (Lipinski definition) is 2. The molecule has 130 valence electrons. The molecule has 3 aromatic rings. The maximum Gasteiger partial charge on any atom is 0.293 e. The average Bonchev–Trinajstić information content (AvgIpc) is 2.95. The van der Waals surface area contributed by atoms with Crippen LogP contribution in [0.3, 0.4) is 0 Å². The van der Waals surface area contributed by atoms with Crippen molar-refractivity contribution in [1.29, 1.82) is 0 Å². The third-order valence-corrected chi connectivity index (χ3v) is 5.30. The molecular weight excluding hydrogens is 319 g/mol. The van der Waals surface area contributed by atoms with E-state index < -0.39 is 0 Å². The van der Waals surface area contributed by atoms with Crippen molar-refractivity contribution in [3.8, 4) is 0 Å². The zero-order valence-electron chi connectivity index (χ0n) is 14.6. The van der Waals surface area contributed by atoms with Gasteiger partial charge in [0.2, 0.25) is 0 Å². The summed E-state index contributed by atoms with van der Waals surface area (Å²) in [6.07, 6.45) is 3.61. The van der Waals surface area contributed by atoms with E-state index in [4.69, 9.17) is 0 Å². The SMILES string of the molecule is CCC(CC)(c1ccc(F)cc1)c1cn(C)c2c([N+](=O)[O-])cccc12. The van der Waals surface area contributed by atoms with Gasteiger partial charge in [-0.05, 0) is 36.1 Å². The third kappa shape index (κ3) is 2.60. The van der Waals surface area contributed by atoms with Gasteiger partial charge in [0, 0.05) is 30.1 Å². The Hall–Kier alpha value is -2.69. The Morgan fingerprint density at radius 3 is 2.32 bits per heavy atom. The van der Waals surface area contributed by atoms with Crippen LogP contribution in [0.2, 0.25) is 0 Å². The van der Waals surface area contributed by atoms with E-state index in [1.807, 2.05) is 36.0 Å². The lowest BCUT2D eigenvalue weighted by Crippen LogP contribution is -2.25. The zero-order chi connectivity index (χ0) is 18.2. The van der Waals surface area contributed by atoms with Crippen LogP contribution in [0.1, 0.15) is 37.8 Å². The van der Waals surface area contributed by atoms with Crippen molar-refractivity contribution in [2.45, 2.75) is 32.1 Å². The number of benzene rings is 2. The maximum absolute atomic E-state index is 13.4. The Morgan fingerprint density at radius 2 is 1.76 bits per heavy atom. The second-order valence-corrected chi connectivity index (χ2v) is 6.38. The van der Waals surface area contributed by atoms with E-state index in [1.165, 1.54) is 18.2 Å². The molecule has 0 aliphatic carbocycles. The Kier molecular flexibility index (Phi) is 4.33. The molecule has 0 unspecified atom stereocenters. The summed E-state index contributed by atoms with van der Waals surface area (Å²) < 4.78 is 15.2. The number of nitro benzene ring substituents is 1. The summed E-state index contributed by atoms with van der Waals surface area (Å²) in [4.78, 5) is 11.1. The summed E-state index contributed by atoms with van der Waals surface area (Å²) in [6.45, 7) is 4.20. The average molecular weight is 340 g/mol. The molecule has 0 aliphatic heterocycles. The van der Waals surface area contributed by atoms with Crippen molar-refractivity contribution >= 4 is 16.6 Å². The summed E-state index contributed by atoms with van der Waals surface area (Å²) in [6, 6.07) is 11.8. The molecular formula is C20H21FN2O2. The summed E-state index contributed by atoms with van der Waals surface area (Å²) in [5.41, 5.74) is 2.48. The monoisotopic (exact) mass is 340 g/mol. The molecule has 0 atom stereocenters. The van der Waals surface area contributed by atoms with Crippen molar-refractivity contribution < 1.29 is 9.31 Å². The van der Waals surface area contributed by atoms with Crippen LogP contribution >= 0.6 is 0 Å². The van der Waals surface area contributed by atoms with Gasteiger partial charge in [0.05, 0.1) is 4.92 Å². The minimum Gasteiger partial charge on any atom is -0.345 e. The van der Waals surface area contributed by atoms with Crippen LogP contribution in [0.25, 0.3) is 10.9 Å². The summed E-state index contributed by atoms with van der Waals surface area (Å²) in [5.74, 6) is -0.265. The molecule has 1 heterocycles. The lowest BCUT2D eigenvalue weighted by atomic mass is 9.70. The Morgan fingerprint density at radius 1 is 1.12 bits per heavy atom. The number of non-ortho nitro benzene ring substituents is 1. The van der Waals surface area contributed by atoms with E-state index in [9.17, 15) is 14.5 Å². The van der Waals surface area contributed by atoms with Gasteiger partial charge in [0.15, 0.2) is 0 Å². The molecule has 4 nitrogen and oxygen atoms in total. The number of rotatable bonds is 5. The molecule has 0 saturated heterocycles. The molecule has 0 radical (unpaired) electrons. The second-order valence-electron chi connectivity index (χ2n) is 6.38. The fourth-order valence-electron chi connectivity index (χ4n) is 3.94. The highest BCUT2D eigenvalue weighted by molar-refractivity contribution is 5.92. The molecule has 5 heteroatoms. The van der Waals surface area contributed by atoms with E-state index in [0.29, 0.717) is 5.52 Å². The van der Waals surface area contributed by atoms with Gasteiger partial charge >= 0.3 is 0 Å². The van der Waals surface area contributed by atoms with Crippen LogP contribution in [0.4, 0.5) is 10.1 Å². The van der Waals surface area contributed by atoms with Gasteiger partial charge in [-0.3, -0.25) is 10.1 Å². The first kappa shape index (κ1) is 17.1. The lowest BCUT2D eigenvalue weighted by molar-refractivity contribution is -0.383. The van der Waals surface area contributed by atoms with Gasteiger partial charge in [0.1, 0.15) is 11.3 Å².